The predicted molar refractivity (Wildman–Crippen MR) is 78.7 cm³/mol. The Morgan fingerprint density at radius 2 is 2.10 bits per heavy atom. The van der Waals surface area contributed by atoms with E-state index < -0.39 is 9.05 Å². The molecule has 7 heteroatoms. The largest absolute Gasteiger partial charge is 0.352 e. The molecular weight excluding hydrogens is 321 g/mol. The van der Waals surface area contributed by atoms with Crippen molar-refractivity contribution in [1.29, 1.82) is 0 Å². The van der Waals surface area contributed by atoms with Gasteiger partial charge in [0.1, 0.15) is 0 Å². The van der Waals surface area contributed by atoms with Crippen LogP contribution in [0.15, 0.2) is 23.1 Å². The summed E-state index contributed by atoms with van der Waals surface area (Å²) in [7, 11) is 1.39. The van der Waals surface area contributed by atoms with E-state index in [1.165, 1.54) is 31.0 Å². The third-order valence-corrected chi connectivity index (χ3v) is 5.16. The fraction of sp³-hybridized carbons (Fsp3) is 0.462. The van der Waals surface area contributed by atoms with Gasteiger partial charge in [-0.15, -0.1) is 0 Å². The van der Waals surface area contributed by atoms with Gasteiger partial charge in [0.25, 0.3) is 15.0 Å². The highest BCUT2D eigenvalue weighted by Gasteiger charge is 2.28. The average Bonchev–Trinajstić information content (AvgIpc) is 3.18. The van der Waals surface area contributed by atoms with Gasteiger partial charge >= 0.3 is 0 Å². The van der Waals surface area contributed by atoms with Crippen LogP contribution in [0.1, 0.15) is 30.1 Å². The number of rotatable bonds is 5. The van der Waals surface area contributed by atoms with E-state index in [-0.39, 0.29) is 21.4 Å². The predicted octanol–water partition coefficient (Wildman–Crippen LogP) is 3.04. The minimum atomic E-state index is -3.88. The Kier molecular flexibility index (Phi) is 4.62. The molecule has 110 valence electrons. The van der Waals surface area contributed by atoms with Crippen LogP contribution in [-0.4, -0.2) is 20.9 Å². The summed E-state index contributed by atoms with van der Waals surface area (Å²) in [6.07, 6.45) is 2.41. The van der Waals surface area contributed by atoms with Gasteiger partial charge in [-0.25, -0.2) is 8.42 Å². The molecule has 0 saturated heterocycles. The molecule has 0 heterocycles. The van der Waals surface area contributed by atoms with Gasteiger partial charge in [0.05, 0.1) is 15.5 Å². The van der Waals surface area contributed by atoms with E-state index >= 15 is 0 Å². The van der Waals surface area contributed by atoms with Crippen LogP contribution in [0.5, 0.6) is 0 Å². The summed E-state index contributed by atoms with van der Waals surface area (Å²) in [5.41, 5.74) is 0.122. The molecule has 1 fully saturated rings. The highest BCUT2D eigenvalue weighted by Crippen LogP contribution is 2.36. The van der Waals surface area contributed by atoms with Crippen LogP contribution in [0.2, 0.25) is 5.02 Å². The Hall–Kier alpha value is -0.780. The van der Waals surface area contributed by atoms with Gasteiger partial charge in [0.15, 0.2) is 0 Å². The van der Waals surface area contributed by atoms with Crippen molar-refractivity contribution in [1.82, 2.24) is 5.32 Å². The molecule has 20 heavy (non-hydrogen) atoms. The molecule has 0 aliphatic heterocycles. The quantitative estimate of drug-likeness (QED) is 0.841. The lowest BCUT2D eigenvalue weighted by Crippen LogP contribution is -2.29. The highest BCUT2D eigenvalue weighted by atomic mass is 35.7. The summed E-state index contributed by atoms with van der Waals surface area (Å²) in [4.78, 5) is 11.9. The summed E-state index contributed by atoms with van der Waals surface area (Å²) in [5.74, 6) is 0.711. The second kappa shape index (κ2) is 5.92. The fourth-order valence-corrected chi connectivity index (χ4v) is 2.99. The summed E-state index contributed by atoms with van der Waals surface area (Å²) in [6.45, 7) is 2.64. The van der Waals surface area contributed by atoms with Crippen LogP contribution in [0, 0.1) is 11.8 Å². The number of hydrogen-bond acceptors (Lipinski definition) is 3. The van der Waals surface area contributed by atoms with Crippen molar-refractivity contribution < 1.29 is 13.2 Å². The highest BCUT2D eigenvalue weighted by molar-refractivity contribution is 8.13. The summed E-state index contributed by atoms with van der Waals surface area (Å²) in [5, 5.41) is 2.98. The van der Waals surface area contributed by atoms with Gasteiger partial charge in [-0.05, 0) is 42.9 Å². The summed E-state index contributed by atoms with van der Waals surface area (Å²) >= 11 is 5.93. The summed E-state index contributed by atoms with van der Waals surface area (Å²) < 4.78 is 22.5. The monoisotopic (exact) mass is 335 g/mol. The zero-order valence-electron chi connectivity index (χ0n) is 10.9. The number of carbonyl (C=O) groups excluding carboxylic acids is 1. The first-order valence-electron chi connectivity index (χ1n) is 6.31. The number of carbonyl (C=O) groups is 1. The van der Waals surface area contributed by atoms with E-state index in [0.717, 1.165) is 0 Å². The number of benzene rings is 1. The molecule has 1 atom stereocenters. The molecule has 1 amide bonds. The molecule has 1 saturated carbocycles. The van der Waals surface area contributed by atoms with Gasteiger partial charge in [0.2, 0.25) is 0 Å². The molecule has 2 rings (SSSR count). The molecule has 1 aromatic carbocycles. The van der Waals surface area contributed by atoms with Gasteiger partial charge in [-0.1, -0.05) is 18.5 Å². The fourth-order valence-electron chi connectivity index (χ4n) is 2.01. The van der Waals surface area contributed by atoms with Gasteiger partial charge in [-0.3, -0.25) is 4.79 Å². The molecule has 0 aromatic heterocycles. The second-order valence-electron chi connectivity index (χ2n) is 5.10. The molecule has 0 radical (unpaired) electrons. The van der Waals surface area contributed by atoms with E-state index in [9.17, 15) is 13.2 Å². The van der Waals surface area contributed by atoms with Crippen LogP contribution in [-0.2, 0) is 9.05 Å². The van der Waals surface area contributed by atoms with Gasteiger partial charge < -0.3 is 5.32 Å². The van der Waals surface area contributed by atoms with E-state index in [2.05, 4.69) is 12.2 Å². The van der Waals surface area contributed by atoms with Crippen molar-refractivity contribution in [3.05, 3.63) is 28.8 Å². The van der Waals surface area contributed by atoms with Crippen LogP contribution >= 0.6 is 22.3 Å². The Balaban J connectivity index is 2.12. The van der Waals surface area contributed by atoms with E-state index in [0.29, 0.717) is 18.4 Å². The van der Waals surface area contributed by atoms with Crippen molar-refractivity contribution in [2.75, 3.05) is 6.54 Å². The van der Waals surface area contributed by atoms with E-state index in [4.69, 9.17) is 22.3 Å². The molecule has 0 bridgehead atoms. The van der Waals surface area contributed by atoms with Crippen LogP contribution in [0.4, 0.5) is 0 Å². The van der Waals surface area contributed by atoms with Crippen molar-refractivity contribution in [3.63, 3.8) is 0 Å². The SMILES string of the molecule is CC(CNC(=O)c1cc(S(=O)(=O)Cl)ccc1Cl)C1CC1. The van der Waals surface area contributed by atoms with Gasteiger partial charge in [-0.2, -0.15) is 0 Å². The van der Waals surface area contributed by atoms with Crippen molar-refractivity contribution in [2.24, 2.45) is 11.8 Å². The van der Waals surface area contributed by atoms with Crippen LogP contribution in [0.25, 0.3) is 0 Å². The molecule has 1 aromatic rings. The lowest BCUT2D eigenvalue weighted by molar-refractivity contribution is 0.0946. The van der Waals surface area contributed by atoms with Gasteiger partial charge in [0, 0.05) is 17.2 Å². The minimum Gasteiger partial charge on any atom is -0.352 e. The average molecular weight is 336 g/mol. The molecular formula is C13H15Cl2NO3S. The van der Waals surface area contributed by atoms with E-state index in [1.54, 1.807) is 0 Å². The van der Waals surface area contributed by atoms with Crippen molar-refractivity contribution in [2.45, 2.75) is 24.7 Å². The van der Waals surface area contributed by atoms with Crippen molar-refractivity contribution in [3.8, 4) is 0 Å². The normalized spacial score (nSPS) is 16.8. The number of amides is 1. The van der Waals surface area contributed by atoms with Crippen LogP contribution in [0.3, 0.4) is 0 Å². The number of nitrogens with one attached hydrogen (secondary N) is 1. The van der Waals surface area contributed by atoms with Crippen LogP contribution < -0.4 is 5.32 Å². The van der Waals surface area contributed by atoms with Crippen molar-refractivity contribution >= 4 is 37.2 Å². The molecule has 1 aliphatic rings. The zero-order valence-corrected chi connectivity index (χ0v) is 13.2. The van der Waals surface area contributed by atoms with E-state index in [1.807, 2.05) is 0 Å². The maximum atomic E-state index is 12.1. The Morgan fingerprint density at radius 1 is 1.45 bits per heavy atom. The lowest BCUT2D eigenvalue weighted by Gasteiger charge is -2.12. The third-order valence-electron chi connectivity index (χ3n) is 3.48. The first-order chi connectivity index (χ1) is 9.29. The molecule has 4 nitrogen and oxygen atoms in total. The Labute approximate surface area is 127 Å². The maximum absolute atomic E-state index is 12.1. The second-order valence-corrected chi connectivity index (χ2v) is 8.08. The smallest absolute Gasteiger partial charge is 0.261 e. The first-order valence-corrected chi connectivity index (χ1v) is 9.00. The lowest BCUT2D eigenvalue weighted by atomic mass is 10.1. The Morgan fingerprint density at radius 3 is 2.65 bits per heavy atom. The summed E-state index contributed by atoms with van der Waals surface area (Å²) in [6, 6.07) is 3.83. The maximum Gasteiger partial charge on any atom is 0.261 e. The number of hydrogen-bond donors (Lipinski definition) is 1. The Bertz CT molecular complexity index is 627. The zero-order chi connectivity index (χ0) is 14.9. The standard InChI is InChI=1S/C13H15Cl2NO3S/c1-8(9-2-3-9)7-16-13(17)11-6-10(20(15,18)19)4-5-12(11)14/h4-6,8-9H,2-3,7H2,1H3,(H,16,17). The number of halogens is 2. The topological polar surface area (TPSA) is 63.2 Å². The minimum absolute atomic E-state index is 0.122. The molecule has 0 spiro atoms. The molecule has 1 N–H and O–H groups in total. The first kappa shape index (κ1) is 15.6. The third kappa shape index (κ3) is 3.87. The molecule has 1 aliphatic carbocycles. The molecule has 1 unspecified atom stereocenters.